The average molecular weight is 278 g/mol. The first-order valence-corrected chi connectivity index (χ1v) is 7.49. The summed E-state index contributed by atoms with van der Waals surface area (Å²) in [6.07, 6.45) is 6.48. The summed E-state index contributed by atoms with van der Waals surface area (Å²) < 4.78 is 0. The Morgan fingerprint density at radius 3 is 3.05 bits per heavy atom. The second-order valence-electron chi connectivity index (χ2n) is 4.55. The SMILES string of the molecule is O=C(CSCc1ccccn1)N[C@@H]1C=C[C@H](CO)C1. The summed E-state index contributed by atoms with van der Waals surface area (Å²) in [5.41, 5.74) is 0.987. The fourth-order valence-corrected chi connectivity index (χ4v) is 2.75. The number of aliphatic hydroxyl groups excluding tert-OH is 1. The highest BCUT2D eigenvalue weighted by molar-refractivity contribution is 7.99. The van der Waals surface area contributed by atoms with Crippen molar-refractivity contribution in [2.45, 2.75) is 18.2 Å². The molecule has 19 heavy (non-hydrogen) atoms. The van der Waals surface area contributed by atoms with E-state index in [0.717, 1.165) is 17.9 Å². The molecule has 102 valence electrons. The van der Waals surface area contributed by atoms with Crippen molar-refractivity contribution >= 4 is 17.7 Å². The highest BCUT2D eigenvalue weighted by atomic mass is 32.2. The molecule has 5 heteroatoms. The molecule has 2 N–H and O–H groups in total. The lowest BCUT2D eigenvalue weighted by atomic mass is 10.1. The van der Waals surface area contributed by atoms with Gasteiger partial charge in [-0.15, -0.1) is 11.8 Å². The van der Waals surface area contributed by atoms with Crippen LogP contribution in [0.5, 0.6) is 0 Å². The third-order valence-corrected chi connectivity index (χ3v) is 3.93. The molecule has 0 saturated heterocycles. The molecule has 0 aromatic carbocycles. The zero-order valence-electron chi connectivity index (χ0n) is 10.7. The summed E-state index contributed by atoms with van der Waals surface area (Å²) in [6, 6.07) is 5.85. The molecule has 0 fully saturated rings. The number of pyridine rings is 1. The maximum Gasteiger partial charge on any atom is 0.230 e. The fourth-order valence-electron chi connectivity index (χ4n) is 2.00. The van der Waals surface area contributed by atoms with Crippen molar-refractivity contribution in [2.24, 2.45) is 5.92 Å². The molecular formula is C14H18N2O2S. The Kier molecular flexibility index (Phi) is 5.42. The topological polar surface area (TPSA) is 62.2 Å². The number of aromatic nitrogens is 1. The summed E-state index contributed by atoms with van der Waals surface area (Å²) >= 11 is 1.56. The van der Waals surface area contributed by atoms with Gasteiger partial charge in [0.05, 0.1) is 11.4 Å². The van der Waals surface area contributed by atoms with Gasteiger partial charge in [-0.1, -0.05) is 18.2 Å². The molecule has 0 spiro atoms. The second-order valence-corrected chi connectivity index (χ2v) is 5.54. The predicted molar refractivity (Wildman–Crippen MR) is 76.7 cm³/mol. The van der Waals surface area contributed by atoms with Crippen LogP contribution in [0.1, 0.15) is 12.1 Å². The largest absolute Gasteiger partial charge is 0.396 e. The number of carbonyl (C=O) groups excluding carboxylic acids is 1. The second kappa shape index (κ2) is 7.31. The van der Waals surface area contributed by atoms with E-state index in [0.29, 0.717) is 5.75 Å². The smallest absolute Gasteiger partial charge is 0.230 e. The Labute approximate surface area is 117 Å². The van der Waals surface area contributed by atoms with Crippen LogP contribution in [0.4, 0.5) is 0 Å². The third kappa shape index (κ3) is 4.69. The van der Waals surface area contributed by atoms with Crippen molar-refractivity contribution in [3.05, 3.63) is 42.2 Å². The minimum absolute atomic E-state index is 0.0363. The minimum Gasteiger partial charge on any atom is -0.396 e. The summed E-state index contributed by atoms with van der Waals surface area (Å²) in [5.74, 6) is 1.40. The number of hydrogen-bond acceptors (Lipinski definition) is 4. The first-order valence-electron chi connectivity index (χ1n) is 6.34. The monoisotopic (exact) mass is 278 g/mol. The van der Waals surface area contributed by atoms with E-state index in [-0.39, 0.29) is 24.5 Å². The first-order chi connectivity index (χ1) is 9.28. The molecule has 4 nitrogen and oxygen atoms in total. The lowest BCUT2D eigenvalue weighted by molar-refractivity contribution is -0.119. The molecule has 0 radical (unpaired) electrons. The molecule has 0 unspecified atom stereocenters. The molecular weight excluding hydrogens is 260 g/mol. The molecule has 1 aromatic rings. The Morgan fingerprint density at radius 2 is 2.37 bits per heavy atom. The number of carbonyl (C=O) groups is 1. The standard InChI is InChI=1S/C14H18N2O2S/c17-8-11-4-5-12(7-11)16-14(18)10-19-9-13-3-1-2-6-15-13/h1-6,11-12,17H,7-10H2,(H,16,18)/t11-,12+/m0/s1. The third-order valence-electron chi connectivity index (χ3n) is 2.96. The quantitative estimate of drug-likeness (QED) is 0.772. The van der Waals surface area contributed by atoms with Crippen molar-refractivity contribution in [1.29, 1.82) is 0 Å². The van der Waals surface area contributed by atoms with Crippen LogP contribution in [-0.4, -0.2) is 34.4 Å². The Hall–Kier alpha value is -1.33. The van der Waals surface area contributed by atoms with Gasteiger partial charge in [-0.25, -0.2) is 0 Å². The van der Waals surface area contributed by atoms with Gasteiger partial charge in [-0.2, -0.15) is 0 Å². The van der Waals surface area contributed by atoms with Gasteiger partial charge in [0.1, 0.15) is 0 Å². The molecule has 0 aliphatic heterocycles. The lowest BCUT2D eigenvalue weighted by Gasteiger charge is -2.12. The van der Waals surface area contributed by atoms with Crippen molar-refractivity contribution in [1.82, 2.24) is 10.3 Å². The molecule has 1 amide bonds. The number of rotatable bonds is 6. The summed E-state index contributed by atoms with van der Waals surface area (Å²) in [6.45, 7) is 0.150. The number of hydrogen-bond donors (Lipinski definition) is 2. The van der Waals surface area contributed by atoms with Crippen LogP contribution in [0.15, 0.2) is 36.5 Å². The van der Waals surface area contributed by atoms with Gasteiger partial charge < -0.3 is 10.4 Å². The number of aliphatic hydroxyl groups is 1. The van der Waals surface area contributed by atoms with Crippen LogP contribution in [0, 0.1) is 5.92 Å². The summed E-state index contributed by atoms with van der Waals surface area (Å²) in [7, 11) is 0. The maximum atomic E-state index is 11.7. The van der Waals surface area contributed by atoms with E-state index in [1.807, 2.05) is 30.4 Å². The van der Waals surface area contributed by atoms with Gasteiger partial charge in [0.25, 0.3) is 0 Å². The molecule has 2 rings (SSSR count). The fraction of sp³-hybridized carbons (Fsp3) is 0.429. The van der Waals surface area contributed by atoms with Crippen molar-refractivity contribution in [2.75, 3.05) is 12.4 Å². The van der Waals surface area contributed by atoms with Crippen LogP contribution < -0.4 is 5.32 Å². The van der Waals surface area contributed by atoms with E-state index < -0.39 is 0 Å². The molecule has 2 atom stereocenters. The number of amides is 1. The molecule has 1 aliphatic carbocycles. The number of nitrogens with one attached hydrogen (secondary N) is 1. The summed E-state index contributed by atoms with van der Waals surface area (Å²) in [4.78, 5) is 15.9. The van der Waals surface area contributed by atoms with Crippen LogP contribution >= 0.6 is 11.8 Å². The lowest BCUT2D eigenvalue weighted by Crippen LogP contribution is -2.34. The minimum atomic E-state index is 0.0363. The summed E-state index contributed by atoms with van der Waals surface area (Å²) in [5, 5.41) is 12.0. The van der Waals surface area contributed by atoms with Gasteiger partial charge in [0.2, 0.25) is 5.91 Å². The van der Waals surface area contributed by atoms with Crippen LogP contribution in [0.25, 0.3) is 0 Å². The predicted octanol–water partition coefficient (Wildman–Crippen LogP) is 1.37. The van der Waals surface area contributed by atoms with E-state index in [1.54, 1.807) is 18.0 Å². The van der Waals surface area contributed by atoms with Crippen LogP contribution in [0.2, 0.25) is 0 Å². The van der Waals surface area contributed by atoms with E-state index in [9.17, 15) is 4.79 Å². The molecule has 0 saturated carbocycles. The Morgan fingerprint density at radius 1 is 1.47 bits per heavy atom. The normalized spacial score (nSPS) is 21.5. The van der Waals surface area contributed by atoms with Gasteiger partial charge in [-0.05, 0) is 18.6 Å². The van der Waals surface area contributed by atoms with Gasteiger partial charge >= 0.3 is 0 Å². The van der Waals surface area contributed by atoms with Gasteiger partial charge in [0, 0.05) is 30.5 Å². The van der Waals surface area contributed by atoms with E-state index in [4.69, 9.17) is 5.11 Å². The highest BCUT2D eigenvalue weighted by Crippen LogP contribution is 2.17. The van der Waals surface area contributed by atoms with Gasteiger partial charge in [-0.3, -0.25) is 9.78 Å². The van der Waals surface area contributed by atoms with Crippen LogP contribution in [0.3, 0.4) is 0 Å². The van der Waals surface area contributed by atoms with Crippen molar-refractivity contribution in [3.63, 3.8) is 0 Å². The highest BCUT2D eigenvalue weighted by Gasteiger charge is 2.19. The Bertz CT molecular complexity index is 436. The van der Waals surface area contributed by atoms with Crippen molar-refractivity contribution in [3.8, 4) is 0 Å². The average Bonchev–Trinajstić information content (AvgIpc) is 2.87. The number of thioether (sulfide) groups is 1. The van der Waals surface area contributed by atoms with E-state index in [1.165, 1.54) is 0 Å². The zero-order chi connectivity index (χ0) is 13.5. The van der Waals surface area contributed by atoms with E-state index in [2.05, 4.69) is 10.3 Å². The van der Waals surface area contributed by atoms with E-state index >= 15 is 0 Å². The molecule has 1 aromatic heterocycles. The van der Waals surface area contributed by atoms with Crippen LogP contribution in [-0.2, 0) is 10.5 Å². The molecule has 1 heterocycles. The zero-order valence-corrected chi connectivity index (χ0v) is 11.5. The van der Waals surface area contributed by atoms with Crippen molar-refractivity contribution < 1.29 is 9.90 Å². The van der Waals surface area contributed by atoms with Gasteiger partial charge in [0.15, 0.2) is 0 Å². The maximum absolute atomic E-state index is 11.7. The number of nitrogens with zero attached hydrogens (tertiary/aromatic N) is 1. The first kappa shape index (κ1) is 14.1. The Balaban J connectivity index is 1.64. The molecule has 1 aliphatic rings. The molecule has 0 bridgehead atoms.